The summed E-state index contributed by atoms with van der Waals surface area (Å²) in [4.78, 5) is 9.25. The second-order valence-electron chi connectivity index (χ2n) is 27.2. The molecule has 0 amide bonds. The summed E-state index contributed by atoms with van der Waals surface area (Å²) in [5.41, 5.74) is 16.0. The van der Waals surface area contributed by atoms with Crippen LogP contribution in [0, 0.1) is 18.8 Å². The molecule has 0 saturated carbocycles. The van der Waals surface area contributed by atoms with Crippen molar-refractivity contribution in [2.45, 2.75) is 124 Å². The molecular formula is C79H77N4OPt-3. The summed E-state index contributed by atoms with van der Waals surface area (Å²) in [5.74, 6) is 1.74. The molecule has 0 radical (unpaired) electrons. The van der Waals surface area contributed by atoms with Crippen LogP contribution in [0.4, 0.5) is 22.7 Å². The molecule has 0 atom stereocenters. The van der Waals surface area contributed by atoms with Gasteiger partial charge in [-0.05, 0) is 113 Å². The monoisotopic (exact) mass is 1300 g/mol. The maximum absolute atomic E-state index is 9.32. The molecule has 0 bridgehead atoms. The minimum Gasteiger partial charge on any atom is -0.509 e. The van der Waals surface area contributed by atoms with E-state index < -0.39 is 18.1 Å². The van der Waals surface area contributed by atoms with Crippen molar-refractivity contribution < 1.29 is 32.7 Å². The Morgan fingerprint density at radius 3 is 1.64 bits per heavy atom. The van der Waals surface area contributed by atoms with Crippen molar-refractivity contribution in [1.82, 2.24) is 9.55 Å². The molecule has 5 nitrogen and oxygen atoms in total. The van der Waals surface area contributed by atoms with E-state index in [1.54, 1.807) is 0 Å². The smallest absolute Gasteiger partial charge is 0.135 e. The van der Waals surface area contributed by atoms with Gasteiger partial charge in [0.15, 0.2) is 0 Å². The third-order valence-electron chi connectivity index (χ3n) is 16.7. The number of benzene rings is 9. The third-order valence-corrected chi connectivity index (χ3v) is 16.7. The molecule has 0 aliphatic carbocycles. The van der Waals surface area contributed by atoms with Crippen molar-refractivity contribution in [3.05, 3.63) is 258 Å². The Labute approximate surface area is 526 Å². The van der Waals surface area contributed by atoms with E-state index >= 15 is 0 Å². The van der Waals surface area contributed by atoms with Crippen LogP contribution in [0.2, 0.25) is 0 Å². The topological polar surface area (TPSA) is 33.5 Å². The van der Waals surface area contributed by atoms with Crippen LogP contribution in [0.15, 0.2) is 206 Å². The molecule has 85 heavy (non-hydrogen) atoms. The third kappa shape index (κ3) is 11.4. The van der Waals surface area contributed by atoms with Gasteiger partial charge in [-0.15, -0.1) is 48.1 Å². The first-order chi connectivity index (χ1) is 42.0. The van der Waals surface area contributed by atoms with E-state index in [2.05, 4.69) is 239 Å². The first kappa shape index (κ1) is 52.6. The van der Waals surface area contributed by atoms with E-state index in [4.69, 9.17) is 13.8 Å². The number of aromatic nitrogens is 2. The molecule has 0 saturated heterocycles. The van der Waals surface area contributed by atoms with Crippen molar-refractivity contribution in [3.8, 4) is 50.7 Å². The largest absolute Gasteiger partial charge is 0.509 e. The van der Waals surface area contributed by atoms with Crippen LogP contribution in [0.25, 0.3) is 61.0 Å². The minimum atomic E-state index is -0.441. The zero-order valence-corrected chi connectivity index (χ0v) is 53.6. The average molecular weight is 1300 g/mol. The van der Waals surface area contributed by atoms with Gasteiger partial charge in [0.05, 0.1) is 6.85 Å². The second kappa shape index (κ2) is 22.1. The van der Waals surface area contributed by atoms with E-state index in [-0.39, 0.29) is 65.8 Å². The van der Waals surface area contributed by atoms with E-state index in [9.17, 15) is 2.74 Å². The van der Waals surface area contributed by atoms with Gasteiger partial charge >= 0.3 is 0 Å². The maximum Gasteiger partial charge on any atom is 0.135 e. The molecule has 9 aromatic carbocycles. The fourth-order valence-corrected chi connectivity index (χ4v) is 11.5. The van der Waals surface area contributed by atoms with Crippen LogP contribution in [-0.4, -0.2) is 9.55 Å². The summed E-state index contributed by atoms with van der Waals surface area (Å²) in [6.45, 7) is 33.5. The van der Waals surface area contributed by atoms with Crippen LogP contribution in [0.1, 0.15) is 137 Å². The number of anilines is 4. The second-order valence-corrected chi connectivity index (χ2v) is 27.2. The molecule has 2 aromatic heterocycles. The molecule has 6 heteroatoms. The van der Waals surface area contributed by atoms with Crippen molar-refractivity contribution in [2.24, 2.45) is 0 Å². The Hall–Kier alpha value is -7.98. The summed E-state index contributed by atoms with van der Waals surface area (Å²) in [7, 11) is 0. The molecular weight excluding hydrogens is 1220 g/mol. The van der Waals surface area contributed by atoms with Gasteiger partial charge in [0.2, 0.25) is 0 Å². The fourth-order valence-electron chi connectivity index (χ4n) is 11.5. The number of hydrogen-bond donors (Lipinski definition) is 0. The summed E-state index contributed by atoms with van der Waals surface area (Å²) in [6, 6.07) is 65.0. The number of fused-ring (bicyclic) bond motifs is 4. The normalized spacial score (nSPS) is 13.9. The van der Waals surface area contributed by atoms with Gasteiger partial charge in [-0.2, -0.15) is 12.1 Å². The SMILES string of the molecule is [2H]c1c([2H])c([2H])c(-c2cccc(-c3cc(C(C)(C)C)cc(C(C)(C)C)c3)c2N2[CH-]N(c3[c-]c(Oc4[c-]c5c(cc4)c4cc(-c6cc(C(C)(C)C)cc(C(C)(C)C)c6)ccc4n5-c4cc(C(C)(C)c5ccccc5)ccn4)ccc3)c3ccccc32)c([2H])c1[2H].[Pt]. The number of pyridine rings is 1. The van der Waals surface area contributed by atoms with E-state index in [0.717, 1.165) is 72.4 Å². The van der Waals surface area contributed by atoms with Crippen LogP contribution < -0.4 is 14.5 Å². The van der Waals surface area contributed by atoms with Gasteiger partial charge in [-0.3, -0.25) is 0 Å². The van der Waals surface area contributed by atoms with Crippen LogP contribution in [-0.2, 0) is 48.1 Å². The number of hydrogen-bond acceptors (Lipinski definition) is 4. The molecule has 0 fully saturated rings. The number of rotatable bonds is 10. The van der Waals surface area contributed by atoms with Crippen molar-refractivity contribution >= 4 is 44.6 Å². The van der Waals surface area contributed by atoms with E-state index in [1.807, 2.05) is 67.5 Å². The summed E-state index contributed by atoms with van der Waals surface area (Å²) in [6.07, 6.45) is 1.91. The predicted octanol–water partition coefficient (Wildman–Crippen LogP) is 21.5. The van der Waals surface area contributed by atoms with Gasteiger partial charge < -0.3 is 19.1 Å². The van der Waals surface area contributed by atoms with E-state index in [1.165, 1.54) is 22.3 Å². The van der Waals surface area contributed by atoms with Crippen LogP contribution in [0.5, 0.6) is 11.5 Å². The molecule has 1 aliphatic rings. The maximum atomic E-state index is 9.32. The number of nitrogens with zero attached hydrogens (tertiary/aromatic N) is 4. The Bertz CT molecular complexity index is 4500. The first-order valence-electron chi connectivity index (χ1n) is 31.8. The quantitative estimate of drug-likeness (QED) is 0.128. The van der Waals surface area contributed by atoms with Crippen molar-refractivity contribution in [2.75, 3.05) is 9.80 Å². The molecule has 11 aromatic rings. The molecule has 1 aliphatic heterocycles. The van der Waals surface area contributed by atoms with Crippen LogP contribution in [0.3, 0.4) is 0 Å². The minimum absolute atomic E-state index is 0. The summed E-state index contributed by atoms with van der Waals surface area (Å²) < 4.78 is 54.0. The first-order valence-corrected chi connectivity index (χ1v) is 29.3. The summed E-state index contributed by atoms with van der Waals surface area (Å²) in [5, 5.41) is 2.08. The van der Waals surface area contributed by atoms with Gasteiger partial charge in [-0.25, -0.2) is 4.98 Å². The van der Waals surface area contributed by atoms with Gasteiger partial charge in [0.1, 0.15) is 5.82 Å². The fraction of sp³-hybridized carbons (Fsp3) is 0.241. The Morgan fingerprint density at radius 2 is 1.01 bits per heavy atom. The molecule has 432 valence electrons. The molecule has 0 spiro atoms. The number of ether oxygens (including phenoxy) is 1. The van der Waals surface area contributed by atoms with Crippen LogP contribution >= 0.6 is 0 Å². The summed E-state index contributed by atoms with van der Waals surface area (Å²) >= 11 is 0. The Morgan fingerprint density at radius 1 is 0.447 bits per heavy atom. The number of para-hydroxylation sites is 3. The molecule has 0 N–H and O–H groups in total. The Kier molecular flexibility index (Phi) is 13.7. The zero-order chi connectivity index (χ0) is 63.4. The van der Waals surface area contributed by atoms with Crippen molar-refractivity contribution in [1.29, 1.82) is 0 Å². The van der Waals surface area contributed by atoms with Crippen molar-refractivity contribution in [3.63, 3.8) is 0 Å². The standard InChI is InChI=1S/C79H77N4O.Pt/c1-75(2,3)58-41-54(42-59(46-58)76(4,5)6)53-35-38-69-68(45-53)67-37-36-64(50-72(67)83(69)73-48-57(39-40-80-73)79(13,14)56-27-19-16-20-28-56)84-63-30-23-29-62(49-63)81-51-82(71-34-22-21-33-70(71)81)74-65(52-25-17-15-18-26-52)31-24-32-66(74)55-43-60(77(7,8)9)47-61(44-55)78(10,11)12;/h15-48,51H,1-14H3;/q-3;/i15D,17D,18D,25D,26D;. The average Bonchev–Trinajstić information content (AvgIpc) is 1.51. The molecule has 3 heterocycles. The zero-order valence-electron chi connectivity index (χ0n) is 56.3. The molecule has 0 unspecified atom stereocenters. The van der Waals surface area contributed by atoms with E-state index in [0.29, 0.717) is 28.4 Å². The van der Waals surface area contributed by atoms with Gasteiger partial charge in [0, 0.05) is 77.9 Å². The van der Waals surface area contributed by atoms with Gasteiger partial charge in [-0.1, -0.05) is 242 Å². The van der Waals surface area contributed by atoms with Gasteiger partial charge in [0.25, 0.3) is 0 Å². The molecule has 12 rings (SSSR count). The predicted molar refractivity (Wildman–Crippen MR) is 354 cm³/mol. The Balaban J connectivity index is 0.00000833.